The first kappa shape index (κ1) is 23.2. The molecular formula is C28H23N5O2S. The number of hydrogen-bond acceptors (Lipinski definition) is 5. The number of Topliss-reactive ketones (excluding diaryl/α,β-unsaturated/α-hetero) is 1. The summed E-state index contributed by atoms with van der Waals surface area (Å²) in [5.41, 5.74) is 4.82. The number of nitrogens with one attached hydrogen (secondary N) is 2. The number of H-pyrrole nitrogens is 2. The Bertz CT molecular complexity index is 1570. The molecule has 7 nitrogen and oxygen atoms in total. The normalized spacial score (nSPS) is 11.4. The Labute approximate surface area is 213 Å². The lowest BCUT2D eigenvalue weighted by molar-refractivity contribution is 0.0998. The SMILES string of the molecule is COc1ccc(C(=O)C/C(=C\c2cn(-c3ccccc3)nc2-c2ccccc2)c2nc(=S)[nH][nH]2)cc1. The Morgan fingerprint density at radius 1 is 0.972 bits per heavy atom. The fourth-order valence-corrected chi connectivity index (χ4v) is 4.03. The van der Waals surface area contributed by atoms with Gasteiger partial charge in [-0.1, -0.05) is 48.5 Å². The molecule has 0 fully saturated rings. The molecule has 0 saturated carbocycles. The van der Waals surface area contributed by atoms with Crippen molar-refractivity contribution in [1.29, 1.82) is 0 Å². The zero-order valence-electron chi connectivity index (χ0n) is 19.5. The summed E-state index contributed by atoms with van der Waals surface area (Å²) in [7, 11) is 1.59. The summed E-state index contributed by atoms with van der Waals surface area (Å²) in [6.45, 7) is 0. The number of hydrogen-bond donors (Lipinski definition) is 2. The first-order valence-electron chi connectivity index (χ1n) is 11.3. The molecule has 178 valence electrons. The van der Waals surface area contributed by atoms with E-state index in [0.29, 0.717) is 27.5 Å². The van der Waals surface area contributed by atoms with Crippen molar-refractivity contribution < 1.29 is 9.53 Å². The van der Waals surface area contributed by atoms with Crippen molar-refractivity contribution in [2.45, 2.75) is 6.42 Å². The van der Waals surface area contributed by atoms with Crippen LogP contribution in [0.25, 0.3) is 28.6 Å². The molecule has 2 heterocycles. The minimum Gasteiger partial charge on any atom is -0.497 e. The second-order valence-corrected chi connectivity index (χ2v) is 8.48. The minimum absolute atomic E-state index is 0.0528. The number of aromatic nitrogens is 5. The highest BCUT2D eigenvalue weighted by atomic mass is 32.1. The summed E-state index contributed by atoms with van der Waals surface area (Å²) < 4.78 is 7.37. The molecule has 2 aromatic heterocycles. The van der Waals surface area contributed by atoms with E-state index in [1.165, 1.54) is 0 Å². The van der Waals surface area contributed by atoms with Crippen LogP contribution in [0.4, 0.5) is 0 Å². The number of ketones is 1. The zero-order valence-corrected chi connectivity index (χ0v) is 20.3. The number of ether oxygens (including phenoxy) is 1. The number of aromatic amines is 2. The number of methoxy groups -OCH3 is 1. The van der Waals surface area contributed by atoms with Gasteiger partial charge in [-0.15, -0.1) is 0 Å². The topological polar surface area (TPSA) is 88.6 Å². The van der Waals surface area contributed by atoms with E-state index in [9.17, 15) is 4.79 Å². The Balaban J connectivity index is 1.60. The Kier molecular flexibility index (Phi) is 6.68. The molecule has 0 atom stereocenters. The summed E-state index contributed by atoms with van der Waals surface area (Å²) in [5.74, 6) is 1.15. The van der Waals surface area contributed by atoms with Gasteiger partial charge >= 0.3 is 0 Å². The quantitative estimate of drug-likeness (QED) is 0.200. The zero-order chi connectivity index (χ0) is 24.9. The Morgan fingerprint density at radius 2 is 1.67 bits per heavy atom. The average Bonchev–Trinajstić information content (AvgIpc) is 3.56. The molecule has 0 unspecified atom stereocenters. The maximum atomic E-state index is 13.2. The van der Waals surface area contributed by atoms with Gasteiger partial charge in [-0.05, 0) is 54.7 Å². The molecule has 5 aromatic rings. The molecule has 0 aliphatic rings. The largest absolute Gasteiger partial charge is 0.497 e. The van der Waals surface area contributed by atoms with Crippen molar-refractivity contribution in [2.24, 2.45) is 0 Å². The van der Waals surface area contributed by atoms with E-state index in [1.807, 2.05) is 77.6 Å². The predicted octanol–water partition coefficient (Wildman–Crippen LogP) is 6.14. The predicted molar refractivity (Wildman–Crippen MR) is 143 cm³/mol. The van der Waals surface area contributed by atoms with E-state index in [1.54, 1.807) is 31.4 Å². The summed E-state index contributed by atoms with van der Waals surface area (Å²) in [5, 5.41) is 10.7. The van der Waals surface area contributed by atoms with Crippen LogP contribution in [0.3, 0.4) is 0 Å². The Hall–Kier alpha value is -4.56. The van der Waals surface area contributed by atoms with Gasteiger partial charge in [-0.2, -0.15) is 10.1 Å². The Morgan fingerprint density at radius 3 is 2.31 bits per heavy atom. The van der Waals surface area contributed by atoms with E-state index >= 15 is 0 Å². The number of carbonyl (C=O) groups is 1. The first-order valence-corrected chi connectivity index (χ1v) is 11.7. The van der Waals surface area contributed by atoms with Gasteiger partial charge in [-0.25, -0.2) is 4.68 Å². The van der Waals surface area contributed by atoms with Gasteiger partial charge in [0, 0.05) is 34.9 Å². The van der Waals surface area contributed by atoms with E-state index in [0.717, 1.165) is 22.5 Å². The summed E-state index contributed by atoms with van der Waals surface area (Å²) in [6.07, 6.45) is 4.02. The van der Waals surface area contributed by atoms with Crippen molar-refractivity contribution >= 4 is 29.7 Å². The van der Waals surface area contributed by atoms with E-state index in [2.05, 4.69) is 15.2 Å². The summed E-state index contributed by atoms with van der Waals surface area (Å²) >= 11 is 5.18. The fourth-order valence-electron chi connectivity index (χ4n) is 3.89. The third-order valence-electron chi connectivity index (χ3n) is 5.71. The van der Waals surface area contributed by atoms with Gasteiger partial charge in [0.25, 0.3) is 0 Å². The molecule has 0 bridgehead atoms. The maximum Gasteiger partial charge on any atom is 0.213 e. The number of carbonyl (C=O) groups excluding carboxylic acids is 1. The van der Waals surface area contributed by atoms with Crippen LogP contribution in [0.15, 0.2) is 91.1 Å². The van der Waals surface area contributed by atoms with Crippen molar-refractivity contribution in [3.8, 4) is 22.7 Å². The van der Waals surface area contributed by atoms with E-state index < -0.39 is 0 Å². The van der Waals surface area contributed by atoms with Crippen LogP contribution in [0.2, 0.25) is 0 Å². The van der Waals surface area contributed by atoms with Crippen molar-refractivity contribution in [1.82, 2.24) is 25.0 Å². The first-order chi connectivity index (χ1) is 17.6. The molecule has 0 saturated heterocycles. The number of nitrogens with zero attached hydrogens (tertiary/aromatic N) is 3. The van der Waals surface area contributed by atoms with Gasteiger partial charge in [0.2, 0.25) is 4.77 Å². The third-order valence-corrected chi connectivity index (χ3v) is 5.90. The van der Waals surface area contributed by atoms with Crippen LogP contribution < -0.4 is 4.74 Å². The number of rotatable bonds is 8. The highest BCUT2D eigenvalue weighted by molar-refractivity contribution is 7.71. The molecule has 2 N–H and O–H groups in total. The van der Waals surface area contributed by atoms with Gasteiger partial charge in [-0.3, -0.25) is 15.0 Å². The minimum atomic E-state index is -0.0528. The summed E-state index contributed by atoms with van der Waals surface area (Å²) in [6, 6.07) is 26.9. The third kappa shape index (κ3) is 5.08. The van der Waals surface area contributed by atoms with Gasteiger partial charge in [0.05, 0.1) is 18.5 Å². The molecule has 0 spiro atoms. The highest BCUT2D eigenvalue weighted by Crippen LogP contribution is 2.29. The fraction of sp³-hybridized carbons (Fsp3) is 0.0714. The van der Waals surface area contributed by atoms with Gasteiger partial charge < -0.3 is 4.74 Å². The standard InChI is InChI=1S/C28H23N5O2S/c1-35-24-14-12-19(13-15-24)25(34)17-21(27-29-28(36)31-30-27)16-22-18-33(23-10-6-3-7-11-23)32-26(22)20-8-4-2-5-9-20/h2-16,18H,17H2,1H3,(H2,29,30,31,36)/b21-16+. The van der Waals surface area contributed by atoms with Crippen LogP contribution in [-0.4, -0.2) is 37.9 Å². The van der Waals surface area contributed by atoms with Crippen LogP contribution in [0.1, 0.15) is 28.2 Å². The number of allylic oxidation sites excluding steroid dienone is 1. The van der Waals surface area contributed by atoms with Crippen molar-refractivity contribution in [3.63, 3.8) is 0 Å². The molecule has 8 heteroatoms. The van der Waals surface area contributed by atoms with Crippen molar-refractivity contribution in [3.05, 3.63) is 113 Å². The summed E-state index contributed by atoms with van der Waals surface area (Å²) in [4.78, 5) is 17.6. The molecule has 0 radical (unpaired) electrons. The second-order valence-electron chi connectivity index (χ2n) is 8.09. The monoisotopic (exact) mass is 493 g/mol. The molecule has 0 amide bonds. The highest BCUT2D eigenvalue weighted by Gasteiger charge is 2.17. The molecule has 0 aliphatic heterocycles. The molecular weight excluding hydrogens is 470 g/mol. The number of benzene rings is 3. The molecule has 0 aliphatic carbocycles. The van der Waals surface area contributed by atoms with E-state index in [-0.39, 0.29) is 12.2 Å². The van der Waals surface area contributed by atoms with Crippen LogP contribution in [0, 0.1) is 4.77 Å². The average molecular weight is 494 g/mol. The number of para-hydroxylation sites is 1. The van der Waals surface area contributed by atoms with Crippen LogP contribution in [0.5, 0.6) is 5.75 Å². The van der Waals surface area contributed by atoms with Gasteiger partial charge in [0.1, 0.15) is 5.75 Å². The molecule has 5 rings (SSSR count). The van der Waals surface area contributed by atoms with Crippen molar-refractivity contribution in [2.75, 3.05) is 7.11 Å². The second kappa shape index (κ2) is 10.4. The van der Waals surface area contributed by atoms with E-state index in [4.69, 9.17) is 22.1 Å². The smallest absolute Gasteiger partial charge is 0.213 e. The lowest BCUT2D eigenvalue weighted by Crippen LogP contribution is -2.02. The molecule has 3 aromatic carbocycles. The van der Waals surface area contributed by atoms with Crippen LogP contribution in [-0.2, 0) is 0 Å². The lowest BCUT2D eigenvalue weighted by atomic mass is 9.99. The molecule has 36 heavy (non-hydrogen) atoms. The van der Waals surface area contributed by atoms with Crippen LogP contribution >= 0.6 is 12.2 Å². The van der Waals surface area contributed by atoms with Gasteiger partial charge in [0.15, 0.2) is 11.6 Å². The lowest BCUT2D eigenvalue weighted by Gasteiger charge is -2.06. The maximum absolute atomic E-state index is 13.2.